The van der Waals surface area contributed by atoms with Crippen LogP contribution in [0.5, 0.6) is 5.75 Å². The molecule has 0 amide bonds. The van der Waals surface area contributed by atoms with Crippen LogP contribution >= 0.6 is 0 Å². The van der Waals surface area contributed by atoms with E-state index < -0.39 is 0 Å². The van der Waals surface area contributed by atoms with Crippen molar-refractivity contribution >= 4 is 16.5 Å². The monoisotopic (exact) mass is 348 g/mol. The van der Waals surface area contributed by atoms with Crippen LogP contribution in [0.4, 0.5) is 0 Å². The third-order valence-electron chi connectivity index (χ3n) is 5.27. The maximum absolute atomic E-state index is 6.47. The zero-order chi connectivity index (χ0) is 18.2. The minimum Gasteiger partial charge on any atom is -0.456 e. The number of ether oxygens (including phenoxy) is 1. The quantitative estimate of drug-likeness (QED) is 0.391. The second-order valence-electron chi connectivity index (χ2n) is 7.09. The molecule has 1 heterocycles. The smallest absolute Gasteiger partial charge is 0.139 e. The maximum Gasteiger partial charge on any atom is 0.139 e. The Hall–Kier alpha value is -3.32. The molecule has 1 unspecified atom stereocenters. The SMILES string of the molecule is Cc1ccc(C2C=C(c3ccccc3)Oc3c2ccc2ccccc32)cc1. The first-order chi connectivity index (χ1) is 13.3. The molecule has 27 heavy (non-hydrogen) atoms. The summed E-state index contributed by atoms with van der Waals surface area (Å²) < 4.78 is 6.47. The van der Waals surface area contributed by atoms with E-state index in [4.69, 9.17) is 4.74 Å². The first-order valence-corrected chi connectivity index (χ1v) is 9.33. The van der Waals surface area contributed by atoms with Gasteiger partial charge in [0.1, 0.15) is 11.5 Å². The molecule has 0 aromatic heterocycles. The molecule has 1 atom stereocenters. The fraction of sp³-hybridized carbons (Fsp3) is 0.0769. The van der Waals surface area contributed by atoms with E-state index in [0.29, 0.717) is 0 Å². The first-order valence-electron chi connectivity index (χ1n) is 9.33. The Kier molecular flexibility index (Phi) is 3.79. The van der Waals surface area contributed by atoms with E-state index in [9.17, 15) is 0 Å². The van der Waals surface area contributed by atoms with Crippen LogP contribution in [0.15, 0.2) is 97.1 Å². The van der Waals surface area contributed by atoms with Crippen LogP contribution in [0.1, 0.15) is 28.2 Å². The second-order valence-corrected chi connectivity index (χ2v) is 7.09. The number of aryl methyl sites for hydroxylation is 1. The van der Waals surface area contributed by atoms with Crippen LogP contribution in [-0.2, 0) is 0 Å². The molecular formula is C26H20O. The van der Waals surface area contributed by atoms with Gasteiger partial charge in [-0.05, 0) is 23.9 Å². The van der Waals surface area contributed by atoms with Gasteiger partial charge in [-0.25, -0.2) is 0 Å². The third-order valence-corrected chi connectivity index (χ3v) is 5.27. The van der Waals surface area contributed by atoms with Crippen molar-refractivity contribution in [3.05, 3.63) is 119 Å². The number of benzene rings is 4. The van der Waals surface area contributed by atoms with E-state index in [0.717, 1.165) is 22.5 Å². The van der Waals surface area contributed by atoms with E-state index >= 15 is 0 Å². The van der Waals surface area contributed by atoms with Crippen LogP contribution in [0.2, 0.25) is 0 Å². The molecule has 0 N–H and O–H groups in total. The minimum atomic E-state index is 0.175. The standard InChI is InChI=1S/C26H20O/c1-18-11-13-20(14-12-18)24-17-25(21-8-3-2-4-9-21)27-26-22-10-6-5-7-19(22)15-16-23(24)26/h2-17,24H,1H3. The van der Waals surface area contributed by atoms with Crippen molar-refractivity contribution < 1.29 is 4.74 Å². The molecule has 0 fully saturated rings. The summed E-state index contributed by atoms with van der Waals surface area (Å²) in [5.41, 5.74) is 4.89. The van der Waals surface area contributed by atoms with Crippen molar-refractivity contribution in [3.8, 4) is 5.75 Å². The van der Waals surface area contributed by atoms with Gasteiger partial charge in [0.05, 0.1) is 0 Å². The highest BCUT2D eigenvalue weighted by molar-refractivity contribution is 5.92. The molecule has 4 aromatic carbocycles. The molecular weight excluding hydrogens is 328 g/mol. The molecule has 5 rings (SSSR count). The Morgan fingerprint density at radius 3 is 2.26 bits per heavy atom. The van der Waals surface area contributed by atoms with Gasteiger partial charge in [0.25, 0.3) is 0 Å². The largest absolute Gasteiger partial charge is 0.456 e. The fourth-order valence-electron chi connectivity index (χ4n) is 3.81. The van der Waals surface area contributed by atoms with Crippen LogP contribution in [0, 0.1) is 6.92 Å². The molecule has 0 radical (unpaired) electrons. The average Bonchev–Trinajstić information content (AvgIpc) is 2.74. The lowest BCUT2D eigenvalue weighted by atomic mass is 9.86. The van der Waals surface area contributed by atoms with E-state index in [1.807, 2.05) is 6.07 Å². The van der Waals surface area contributed by atoms with Gasteiger partial charge >= 0.3 is 0 Å². The Morgan fingerprint density at radius 2 is 1.44 bits per heavy atom. The van der Waals surface area contributed by atoms with Crippen molar-refractivity contribution in [1.82, 2.24) is 0 Å². The number of rotatable bonds is 2. The summed E-state index contributed by atoms with van der Waals surface area (Å²) >= 11 is 0. The molecule has 4 aromatic rings. The van der Waals surface area contributed by atoms with E-state index in [-0.39, 0.29) is 5.92 Å². The summed E-state index contributed by atoms with van der Waals surface area (Å²) in [5, 5.41) is 2.36. The Balaban J connectivity index is 1.74. The summed E-state index contributed by atoms with van der Waals surface area (Å²) in [6, 6.07) is 32.0. The number of hydrogen-bond acceptors (Lipinski definition) is 1. The summed E-state index contributed by atoms with van der Waals surface area (Å²) in [6.45, 7) is 2.13. The highest BCUT2D eigenvalue weighted by atomic mass is 16.5. The first kappa shape index (κ1) is 15.9. The fourth-order valence-corrected chi connectivity index (χ4v) is 3.81. The summed E-state index contributed by atoms with van der Waals surface area (Å²) in [6.07, 6.45) is 2.25. The molecule has 130 valence electrons. The molecule has 1 aliphatic heterocycles. The predicted molar refractivity (Wildman–Crippen MR) is 112 cm³/mol. The Morgan fingerprint density at radius 1 is 0.704 bits per heavy atom. The zero-order valence-electron chi connectivity index (χ0n) is 15.2. The average molecular weight is 348 g/mol. The lowest BCUT2D eigenvalue weighted by Crippen LogP contribution is -2.10. The van der Waals surface area contributed by atoms with E-state index in [1.54, 1.807) is 0 Å². The molecule has 0 saturated heterocycles. The van der Waals surface area contributed by atoms with Crippen molar-refractivity contribution in [3.63, 3.8) is 0 Å². The van der Waals surface area contributed by atoms with Crippen molar-refractivity contribution in [2.75, 3.05) is 0 Å². The van der Waals surface area contributed by atoms with Gasteiger partial charge in [-0.1, -0.05) is 96.6 Å². The topological polar surface area (TPSA) is 9.23 Å². The lowest BCUT2D eigenvalue weighted by Gasteiger charge is -2.27. The van der Waals surface area contributed by atoms with E-state index in [2.05, 4.69) is 97.9 Å². The number of hydrogen-bond donors (Lipinski definition) is 0. The zero-order valence-corrected chi connectivity index (χ0v) is 15.2. The number of allylic oxidation sites excluding steroid dienone is 1. The van der Waals surface area contributed by atoms with Gasteiger partial charge in [0, 0.05) is 22.4 Å². The van der Waals surface area contributed by atoms with Crippen LogP contribution in [-0.4, -0.2) is 0 Å². The van der Waals surface area contributed by atoms with Crippen LogP contribution in [0.25, 0.3) is 16.5 Å². The molecule has 0 spiro atoms. The highest BCUT2D eigenvalue weighted by Crippen LogP contribution is 2.44. The lowest BCUT2D eigenvalue weighted by molar-refractivity contribution is 0.498. The summed E-state index contributed by atoms with van der Waals surface area (Å²) in [7, 11) is 0. The second kappa shape index (κ2) is 6.44. The van der Waals surface area contributed by atoms with Gasteiger partial charge in [0.15, 0.2) is 0 Å². The Bertz CT molecular complexity index is 1140. The molecule has 1 heteroatoms. The van der Waals surface area contributed by atoms with Crippen molar-refractivity contribution in [2.45, 2.75) is 12.8 Å². The van der Waals surface area contributed by atoms with Crippen molar-refractivity contribution in [1.29, 1.82) is 0 Å². The number of fused-ring (bicyclic) bond motifs is 3. The molecule has 0 aliphatic carbocycles. The van der Waals surface area contributed by atoms with Gasteiger partial charge in [0.2, 0.25) is 0 Å². The van der Waals surface area contributed by atoms with Gasteiger partial charge in [-0.15, -0.1) is 0 Å². The van der Waals surface area contributed by atoms with Gasteiger partial charge in [-0.3, -0.25) is 0 Å². The highest BCUT2D eigenvalue weighted by Gasteiger charge is 2.25. The molecule has 0 saturated carbocycles. The van der Waals surface area contributed by atoms with Gasteiger partial charge in [-0.2, -0.15) is 0 Å². The molecule has 1 nitrogen and oxygen atoms in total. The van der Waals surface area contributed by atoms with Gasteiger partial charge < -0.3 is 4.74 Å². The molecule has 1 aliphatic rings. The van der Waals surface area contributed by atoms with E-state index in [1.165, 1.54) is 22.1 Å². The molecule has 0 bridgehead atoms. The van der Waals surface area contributed by atoms with Crippen molar-refractivity contribution in [2.24, 2.45) is 0 Å². The van der Waals surface area contributed by atoms with Crippen LogP contribution < -0.4 is 4.74 Å². The third kappa shape index (κ3) is 2.82. The maximum atomic E-state index is 6.47. The minimum absolute atomic E-state index is 0.175. The normalized spacial score (nSPS) is 15.7. The summed E-state index contributed by atoms with van der Waals surface area (Å²) in [5.74, 6) is 2.07. The van der Waals surface area contributed by atoms with Crippen LogP contribution in [0.3, 0.4) is 0 Å². The summed E-state index contributed by atoms with van der Waals surface area (Å²) in [4.78, 5) is 0. The predicted octanol–water partition coefficient (Wildman–Crippen LogP) is 6.71. The Labute approximate surface area is 159 Å².